The Morgan fingerprint density at radius 2 is 2.07 bits per heavy atom. The van der Waals surface area contributed by atoms with Crippen molar-refractivity contribution in [2.45, 2.75) is 26.8 Å². The smallest absolute Gasteiger partial charge is 0.123 e. The molecule has 0 aliphatic heterocycles. The Kier molecular flexibility index (Phi) is 4.47. The highest BCUT2D eigenvalue weighted by atomic mass is 16.5. The van der Waals surface area contributed by atoms with E-state index in [1.807, 2.05) is 14.0 Å². The molecule has 0 saturated carbocycles. The topological polar surface area (TPSA) is 21.3 Å². The fourth-order valence-electron chi connectivity index (χ4n) is 1.48. The summed E-state index contributed by atoms with van der Waals surface area (Å²) >= 11 is 0. The van der Waals surface area contributed by atoms with Crippen molar-refractivity contribution in [1.82, 2.24) is 5.32 Å². The van der Waals surface area contributed by atoms with Crippen molar-refractivity contribution in [2.75, 3.05) is 13.7 Å². The molecule has 1 N–H and O–H groups in total. The Morgan fingerprint density at radius 1 is 1.29 bits per heavy atom. The molecule has 0 amide bonds. The molecule has 0 unspecified atom stereocenters. The third kappa shape index (κ3) is 2.74. The van der Waals surface area contributed by atoms with Gasteiger partial charge in [-0.25, -0.2) is 0 Å². The molecular formula is C12H19NO. The van der Waals surface area contributed by atoms with Gasteiger partial charge >= 0.3 is 0 Å². The molecule has 0 aliphatic rings. The van der Waals surface area contributed by atoms with E-state index in [1.165, 1.54) is 11.1 Å². The SMILES string of the molecule is CCOc1ccc(CC)cc1CNC. The minimum absolute atomic E-state index is 0.724. The Balaban J connectivity index is 2.91. The van der Waals surface area contributed by atoms with Crippen molar-refractivity contribution >= 4 is 0 Å². The summed E-state index contributed by atoms with van der Waals surface area (Å²) in [6.45, 7) is 5.76. The predicted octanol–water partition coefficient (Wildman–Crippen LogP) is 2.37. The van der Waals surface area contributed by atoms with Crippen molar-refractivity contribution in [1.29, 1.82) is 0 Å². The maximum Gasteiger partial charge on any atom is 0.123 e. The molecule has 0 atom stereocenters. The van der Waals surface area contributed by atoms with Crippen molar-refractivity contribution in [3.63, 3.8) is 0 Å². The zero-order chi connectivity index (χ0) is 10.4. The summed E-state index contributed by atoms with van der Waals surface area (Å²) < 4.78 is 5.55. The minimum Gasteiger partial charge on any atom is -0.494 e. The van der Waals surface area contributed by atoms with Gasteiger partial charge in [-0.1, -0.05) is 19.1 Å². The van der Waals surface area contributed by atoms with Crippen LogP contribution in [0.1, 0.15) is 25.0 Å². The molecule has 0 aromatic heterocycles. The van der Waals surface area contributed by atoms with Crippen LogP contribution in [0.5, 0.6) is 5.75 Å². The number of hydrogen-bond donors (Lipinski definition) is 1. The van der Waals surface area contributed by atoms with E-state index >= 15 is 0 Å². The summed E-state index contributed by atoms with van der Waals surface area (Å²) in [5.41, 5.74) is 2.60. The number of rotatable bonds is 5. The number of ether oxygens (including phenoxy) is 1. The van der Waals surface area contributed by atoms with E-state index in [0.29, 0.717) is 0 Å². The van der Waals surface area contributed by atoms with Crippen LogP contribution < -0.4 is 10.1 Å². The first-order chi connectivity index (χ1) is 6.81. The van der Waals surface area contributed by atoms with E-state index in [0.717, 1.165) is 25.3 Å². The molecule has 0 saturated heterocycles. The van der Waals surface area contributed by atoms with E-state index in [1.54, 1.807) is 0 Å². The second kappa shape index (κ2) is 5.66. The van der Waals surface area contributed by atoms with Crippen molar-refractivity contribution in [3.8, 4) is 5.75 Å². The van der Waals surface area contributed by atoms with E-state index in [-0.39, 0.29) is 0 Å². The molecular weight excluding hydrogens is 174 g/mol. The van der Waals surface area contributed by atoms with Crippen LogP contribution in [0.25, 0.3) is 0 Å². The van der Waals surface area contributed by atoms with Gasteiger partial charge in [-0.15, -0.1) is 0 Å². The number of hydrogen-bond acceptors (Lipinski definition) is 2. The lowest BCUT2D eigenvalue weighted by Crippen LogP contribution is -2.08. The van der Waals surface area contributed by atoms with Gasteiger partial charge in [0.1, 0.15) is 5.75 Å². The van der Waals surface area contributed by atoms with Crippen LogP contribution in [0.4, 0.5) is 0 Å². The van der Waals surface area contributed by atoms with Crippen molar-refractivity contribution < 1.29 is 4.74 Å². The van der Waals surface area contributed by atoms with Crippen LogP contribution in [-0.4, -0.2) is 13.7 Å². The second-order valence-electron chi connectivity index (χ2n) is 3.26. The van der Waals surface area contributed by atoms with Gasteiger partial charge in [0, 0.05) is 12.1 Å². The molecule has 0 spiro atoms. The van der Waals surface area contributed by atoms with Gasteiger partial charge < -0.3 is 10.1 Å². The van der Waals surface area contributed by atoms with Crippen molar-refractivity contribution in [3.05, 3.63) is 29.3 Å². The van der Waals surface area contributed by atoms with Gasteiger partial charge in [-0.3, -0.25) is 0 Å². The fourth-order valence-corrected chi connectivity index (χ4v) is 1.48. The van der Waals surface area contributed by atoms with E-state index in [9.17, 15) is 0 Å². The van der Waals surface area contributed by atoms with Gasteiger partial charge in [-0.2, -0.15) is 0 Å². The zero-order valence-electron chi connectivity index (χ0n) is 9.26. The van der Waals surface area contributed by atoms with Crippen LogP contribution in [-0.2, 0) is 13.0 Å². The first kappa shape index (κ1) is 11.1. The molecule has 0 radical (unpaired) electrons. The number of benzene rings is 1. The largest absolute Gasteiger partial charge is 0.494 e. The summed E-state index contributed by atoms with van der Waals surface area (Å²) in [7, 11) is 1.95. The average Bonchev–Trinajstić information content (AvgIpc) is 2.21. The third-order valence-electron chi connectivity index (χ3n) is 2.20. The average molecular weight is 193 g/mol. The van der Waals surface area contributed by atoms with Gasteiger partial charge in [-0.05, 0) is 32.0 Å². The normalized spacial score (nSPS) is 10.2. The van der Waals surface area contributed by atoms with Crippen LogP contribution in [0, 0.1) is 0 Å². The number of nitrogens with one attached hydrogen (secondary N) is 1. The Bertz CT molecular complexity index is 284. The maximum atomic E-state index is 5.55. The lowest BCUT2D eigenvalue weighted by Gasteiger charge is -2.11. The molecule has 1 aromatic rings. The summed E-state index contributed by atoms with van der Waals surface area (Å²) in [5.74, 6) is 0.999. The van der Waals surface area contributed by atoms with Crippen LogP contribution in [0.2, 0.25) is 0 Å². The number of aryl methyl sites for hydroxylation is 1. The Hall–Kier alpha value is -1.02. The lowest BCUT2D eigenvalue weighted by molar-refractivity contribution is 0.335. The van der Waals surface area contributed by atoms with E-state index in [2.05, 4.69) is 30.4 Å². The van der Waals surface area contributed by atoms with E-state index in [4.69, 9.17) is 4.74 Å². The fraction of sp³-hybridized carbons (Fsp3) is 0.500. The maximum absolute atomic E-state index is 5.55. The summed E-state index contributed by atoms with van der Waals surface area (Å²) in [4.78, 5) is 0. The molecule has 2 heteroatoms. The minimum atomic E-state index is 0.724. The molecule has 1 rings (SSSR count). The second-order valence-corrected chi connectivity index (χ2v) is 3.26. The summed E-state index contributed by atoms with van der Waals surface area (Å²) in [6.07, 6.45) is 1.07. The van der Waals surface area contributed by atoms with Gasteiger partial charge in [0.2, 0.25) is 0 Å². The molecule has 14 heavy (non-hydrogen) atoms. The molecule has 0 aliphatic carbocycles. The zero-order valence-corrected chi connectivity index (χ0v) is 9.26. The quantitative estimate of drug-likeness (QED) is 0.775. The highest BCUT2D eigenvalue weighted by Crippen LogP contribution is 2.20. The molecule has 2 nitrogen and oxygen atoms in total. The van der Waals surface area contributed by atoms with Crippen LogP contribution >= 0.6 is 0 Å². The third-order valence-corrected chi connectivity index (χ3v) is 2.20. The first-order valence-corrected chi connectivity index (χ1v) is 5.21. The van der Waals surface area contributed by atoms with Gasteiger partial charge in [0.25, 0.3) is 0 Å². The predicted molar refractivity (Wildman–Crippen MR) is 59.8 cm³/mol. The van der Waals surface area contributed by atoms with Gasteiger partial charge in [0.15, 0.2) is 0 Å². The molecule has 78 valence electrons. The first-order valence-electron chi connectivity index (χ1n) is 5.21. The lowest BCUT2D eigenvalue weighted by atomic mass is 10.1. The summed E-state index contributed by atoms with van der Waals surface area (Å²) in [6, 6.07) is 6.40. The Labute approximate surface area is 86.3 Å². The summed E-state index contributed by atoms with van der Waals surface area (Å²) in [5, 5.41) is 3.15. The molecule has 0 heterocycles. The standard InChI is InChI=1S/C12H19NO/c1-4-10-6-7-12(14-5-2)11(8-10)9-13-3/h6-8,13H,4-5,9H2,1-3H3. The molecule has 1 aromatic carbocycles. The van der Waals surface area contributed by atoms with Crippen molar-refractivity contribution in [2.24, 2.45) is 0 Å². The molecule has 0 bridgehead atoms. The van der Waals surface area contributed by atoms with Gasteiger partial charge in [0.05, 0.1) is 6.61 Å². The highest BCUT2D eigenvalue weighted by molar-refractivity contribution is 5.37. The van der Waals surface area contributed by atoms with Crippen LogP contribution in [0.3, 0.4) is 0 Å². The van der Waals surface area contributed by atoms with E-state index < -0.39 is 0 Å². The highest BCUT2D eigenvalue weighted by Gasteiger charge is 2.02. The Morgan fingerprint density at radius 3 is 2.64 bits per heavy atom. The monoisotopic (exact) mass is 193 g/mol. The molecule has 0 fully saturated rings. The van der Waals surface area contributed by atoms with Crippen LogP contribution in [0.15, 0.2) is 18.2 Å².